The summed E-state index contributed by atoms with van der Waals surface area (Å²) >= 11 is 0. The second kappa shape index (κ2) is 45.1. The van der Waals surface area contributed by atoms with Crippen LogP contribution in [0.2, 0.25) is 0 Å². The van der Waals surface area contributed by atoms with Gasteiger partial charge >= 0.3 is 0 Å². The highest BCUT2D eigenvalue weighted by atomic mass is 31.2. The van der Waals surface area contributed by atoms with Gasteiger partial charge in [0.2, 0.25) is 31.1 Å². The number of fused-ring (bicyclic) bond motifs is 6. The van der Waals surface area contributed by atoms with Crippen LogP contribution in [0, 0.1) is 26.7 Å². The first-order valence-corrected chi connectivity index (χ1v) is 60.1. The number of piperidine rings is 1. The molecule has 4 aliphatic heterocycles. The Bertz CT molecular complexity index is 7750. The number of anilines is 13. The molecule has 2 atom stereocenters. The molecule has 8 aromatic carbocycles. The Balaban J connectivity index is 0.000000136. The van der Waals surface area contributed by atoms with Crippen molar-refractivity contribution >= 4 is 159 Å². The number of methoxy groups -OCH3 is 1. The predicted octanol–water partition coefficient (Wildman–Crippen LogP) is 20.3. The molecule has 0 spiro atoms. The highest BCUT2D eigenvalue weighted by Crippen LogP contribution is 2.56. The van der Waals surface area contributed by atoms with Crippen molar-refractivity contribution in [3.8, 4) is 34.2 Å². The SMILES string of the molecule is CC(C)CCN1CC(=O)N(C)c2cnc(Nc3ccc(C4CCP(C)(=O)O4)cc3)cc21.CCP(=O)(CC)c1cccc(Nc2cccc3cnc(Nc4ccc(-n5cnc(C)c5)cc4OC)nc23)c1.CN1CCC(N(C)C(=O)c2ccc(Nc3cc4c(cn3)c(=O)n(C)n4-c3ccc(P(C)(C)=O)cc3)cc2)CC1.Cc1cc(N2CCC(=O)N(C)CC2)ccc1Nc1ncc2c(n1)-c1c(c(C)nn1-c1cccc(P(C)(C)=O)c1)CC2. The summed E-state index contributed by atoms with van der Waals surface area (Å²) in [4.78, 5) is 94.8. The zero-order chi connectivity index (χ0) is 106. The van der Waals surface area contributed by atoms with Crippen molar-refractivity contribution in [2.45, 2.75) is 106 Å². The van der Waals surface area contributed by atoms with Gasteiger partial charge in [0.15, 0.2) is 0 Å². The fraction of sp³-hybridized carbons (Fsp3) is 0.339. The number of ether oxygens (including phenoxy) is 1. The molecule has 3 amide bonds. The van der Waals surface area contributed by atoms with Gasteiger partial charge in [0, 0.05) is 196 Å². The molecule has 0 saturated carbocycles. The number of aromatic nitrogens is 12. The number of amides is 3. The summed E-state index contributed by atoms with van der Waals surface area (Å²) in [5.41, 5.74) is 20.8. The Kier molecular flexibility index (Phi) is 32.1. The Hall–Kier alpha value is -14.2. The summed E-state index contributed by atoms with van der Waals surface area (Å²) in [6.07, 6.45) is 18.7. The van der Waals surface area contributed by atoms with Gasteiger partial charge in [-0.1, -0.05) is 76.2 Å². The van der Waals surface area contributed by atoms with Gasteiger partial charge in [-0.3, -0.25) is 28.4 Å². The van der Waals surface area contributed by atoms with E-state index in [1.54, 1.807) is 93.9 Å². The van der Waals surface area contributed by atoms with E-state index in [-0.39, 0.29) is 35.4 Å². The minimum absolute atomic E-state index is 0.0254. The molecule has 7 aromatic heterocycles. The Morgan fingerprint density at radius 2 is 1.26 bits per heavy atom. The lowest BCUT2D eigenvalue weighted by molar-refractivity contribution is -0.129. The Morgan fingerprint density at radius 3 is 1.95 bits per heavy atom. The molecule has 37 heteroatoms. The van der Waals surface area contributed by atoms with E-state index in [2.05, 4.69) is 112 Å². The molecule has 20 rings (SSSR count). The van der Waals surface area contributed by atoms with Gasteiger partial charge in [0.05, 0.1) is 111 Å². The van der Waals surface area contributed by atoms with E-state index < -0.39 is 28.8 Å². The number of nitrogens with one attached hydrogen (secondary N) is 5. The van der Waals surface area contributed by atoms with Crippen molar-refractivity contribution in [2.24, 2.45) is 13.0 Å². The standard InChI is InChI=1S/C31H36N7O2P.C29H35N6O3P.C29H31N6O2P.C23H31N4O3P/c1-20-17-23(37-14-13-28(39)36(3)15-16-37)10-12-27(20)33-31-32-19-22-9-11-26-21(2)35-38(30(26)29(22)34-31)24-7-6-8-25(18-24)41(4,5)40;1-32-16-14-22(15-17-32)33(2)28(36)20-6-8-21(9-7-20)31-27-18-26-25(19-30-27)29(37)34(3)35(26)23-10-12-24(13-11-23)39(4,5)38;1-5-38(36,6-2)24-11-8-10-22(15-24)32-26-12-7-9-21-17-30-29(34-28(21)26)33-25-14-13-23(16-27(25)37-4)35-18-20(3)31-19-35;1-16(2)9-11-27-15-23(28)26(3)20-14-24-22(13-19(20)27)25-18-7-5-17(6-8-18)21-10-12-31(4,29)30-21/h6-8,10,12,17-19H,9,11,13-16H2,1-5H3,(H,32,33,34);6-13,18-19,22H,14-17H2,1-5H3,(H,30,31);7-19,32H,5-6H2,1-4H3,(H,30,33,34);5-8,13-14,16,21H,9-12,15H2,1-4H3,(H,24,25). The van der Waals surface area contributed by atoms with E-state index in [1.165, 1.54) is 5.56 Å². The number of aryl methyl sites for hydroxylation is 4. The summed E-state index contributed by atoms with van der Waals surface area (Å²) in [6, 6.07) is 60.8. The monoisotopic (exact) mass is 2080 g/mol. The van der Waals surface area contributed by atoms with Crippen LogP contribution in [0.15, 0.2) is 230 Å². The van der Waals surface area contributed by atoms with E-state index in [1.807, 2.05) is 243 Å². The van der Waals surface area contributed by atoms with Crippen LogP contribution >= 0.6 is 28.8 Å². The Labute approximate surface area is 870 Å². The number of carbonyl (C=O) groups excluding carboxylic acids is 3. The van der Waals surface area contributed by atoms with Crippen LogP contribution in [-0.4, -0.2) is 230 Å². The van der Waals surface area contributed by atoms with E-state index in [9.17, 15) is 37.4 Å². The minimum Gasteiger partial charge on any atom is -0.494 e. The van der Waals surface area contributed by atoms with Gasteiger partial charge in [0.25, 0.3) is 11.5 Å². The number of para-hydroxylation sites is 1. The minimum atomic E-state index is -2.43. The van der Waals surface area contributed by atoms with Crippen LogP contribution in [0.25, 0.3) is 50.3 Å². The molecule has 3 fully saturated rings. The number of hydrogen-bond donors (Lipinski definition) is 5. The number of benzene rings is 8. The Morgan fingerprint density at radius 1 is 0.597 bits per heavy atom. The molecule has 0 bridgehead atoms. The van der Waals surface area contributed by atoms with Crippen molar-refractivity contribution in [1.29, 1.82) is 0 Å². The molecular formula is C112H133N23O10P4. The molecule has 5 aliphatic rings. The lowest BCUT2D eigenvalue weighted by Gasteiger charge is -2.35. The largest absolute Gasteiger partial charge is 0.494 e. The molecule has 2 unspecified atom stereocenters. The fourth-order valence-corrected chi connectivity index (χ4v) is 24.5. The normalized spacial score (nSPS) is 16.0. The number of likely N-dealkylation sites (tertiary alicyclic amines) is 1. The molecule has 0 radical (unpaired) electrons. The van der Waals surface area contributed by atoms with Crippen LogP contribution in [0.5, 0.6) is 5.75 Å². The second-order valence-electron chi connectivity index (χ2n) is 40.2. The number of nitrogens with zero attached hydrogens (tertiary/aromatic N) is 18. The molecule has 5 N–H and O–H groups in total. The van der Waals surface area contributed by atoms with Crippen LogP contribution < -0.4 is 67.5 Å². The summed E-state index contributed by atoms with van der Waals surface area (Å²) in [6.45, 7) is 28.7. The smallest absolute Gasteiger partial charge is 0.276 e. The second-order valence-corrected chi connectivity index (χ2v) is 52.9. The molecule has 149 heavy (non-hydrogen) atoms. The third-order valence-corrected chi connectivity index (χ3v) is 36.5. The zero-order valence-electron chi connectivity index (χ0n) is 88.0. The highest BCUT2D eigenvalue weighted by molar-refractivity contribution is 7.71. The van der Waals surface area contributed by atoms with Crippen LogP contribution in [0.4, 0.5) is 74.7 Å². The average molecular weight is 2090 g/mol. The van der Waals surface area contributed by atoms with E-state index in [0.29, 0.717) is 77.3 Å². The van der Waals surface area contributed by atoms with Crippen molar-refractivity contribution in [3.05, 3.63) is 275 Å². The van der Waals surface area contributed by atoms with Gasteiger partial charge in [-0.2, -0.15) is 5.10 Å². The van der Waals surface area contributed by atoms with Crippen molar-refractivity contribution in [1.82, 2.24) is 73.3 Å². The molecular weight excluding hydrogens is 1950 g/mol. The molecule has 3 saturated heterocycles. The van der Waals surface area contributed by atoms with Gasteiger partial charge in [-0.05, 0) is 250 Å². The third kappa shape index (κ3) is 24.5. The first-order chi connectivity index (χ1) is 71.2. The van der Waals surface area contributed by atoms with E-state index in [4.69, 9.17) is 24.3 Å². The maximum atomic E-state index is 13.3. The number of hydrogen-bond acceptors (Lipinski definition) is 26. The topological polar surface area (TPSA) is 357 Å². The van der Waals surface area contributed by atoms with Crippen LogP contribution in [0.3, 0.4) is 0 Å². The number of carbonyl (C=O) groups is 3. The molecule has 15 aromatic rings. The highest BCUT2D eigenvalue weighted by Gasteiger charge is 2.35. The van der Waals surface area contributed by atoms with Gasteiger partial charge in [0.1, 0.15) is 38.8 Å². The third-order valence-electron chi connectivity index (χ3n) is 28.4. The summed E-state index contributed by atoms with van der Waals surface area (Å²) < 4.78 is 69.2. The lowest BCUT2D eigenvalue weighted by Crippen LogP contribution is -2.44. The maximum Gasteiger partial charge on any atom is 0.276 e. The van der Waals surface area contributed by atoms with Crippen molar-refractivity contribution in [2.75, 3.05) is 174 Å². The molecule has 776 valence electrons. The summed E-state index contributed by atoms with van der Waals surface area (Å²) in [5.74, 6) is 3.82. The molecule has 33 nitrogen and oxygen atoms in total. The van der Waals surface area contributed by atoms with E-state index >= 15 is 0 Å². The predicted molar refractivity (Wildman–Crippen MR) is 604 cm³/mol. The molecule has 1 aliphatic carbocycles. The number of imidazole rings is 1. The van der Waals surface area contributed by atoms with Crippen LogP contribution in [0.1, 0.15) is 110 Å². The van der Waals surface area contributed by atoms with Crippen molar-refractivity contribution in [3.63, 3.8) is 0 Å². The van der Waals surface area contributed by atoms with E-state index in [0.717, 1.165) is 218 Å². The lowest BCUT2D eigenvalue weighted by atomic mass is 9.93. The quantitative estimate of drug-likeness (QED) is 0.0314. The van der Waals surface area contributed by atoms with Gasteiger partial charge in [-0.25, -0.2) is 44.3 Å². The first-order valence-electron chi connectivity index (χ1n) is 50.6. The summed E-state index contributed by atoms with van der Waals surface area (Å²) in [5, 5.41) is 25.7. The number of likely N-dealkylation sites (N-methyl/N-ethyl adjacent to an activating group) is 2. The zero-order valence-corrected chi connectivity index (χ0v) is 91.6. The van der Waals surface area contributed by atoms with Gasteiger partial charge < -0.3 is 83.5 Å². The first kappa shape index (κ1) is 106. The van der Waals surface area contributed by atoms with Crippen LogP contribution in [-0.2, 0) is 52.3 Å². The number of pyridine rings is 2. The average Bonchev–Trinajstić information content (AvgIpc) is 1.60. The molecule has 11 heterocycles. The van der Waals surface area contributed by atoms with Gasteiger partial charge in [-0.15, -0.1) is 0 Å². The summed E-state index contributed by atoms with van der Waals surface area (Å²) in [7, 11) is 1.41. The maximum absolute atomic E-state index is 13.3. The number of rotatable bonds is 26. The fourth-order valence-electron chi connectivity index (χ4n) is 19.2. The van der Waals surface area contributed by atoms with Crippen molar-refractivity contribution < 1.29 is 41.9 Å².